The van der Waals surface area contributed by atoms with E-state index in [1.54, 1.807) is 0 Å². The summed E-state index contributed by atoms with van der Waals surface area (Å²) in [5.74, 6) is 0.811. The SMILES string of the molecule is CCCCCCCCCCCC[C@H](C)CCCO. The molecule has 0 saturated carbocycles. The summed E-state index contributed by atoms with van der Waals surface area (Å²) in [6, 6.07) is 0. The van der Waals surface area contributed by atoms with Crippen LogP contribution in [0.4, 0.5) is 0 Å². The minimum Gasteiger partial charge on any atom is -0.396 e. The molecular formula is C17H36O. The Morgan fingerprint density at radius 1 is 0.667 bits per heavy atom. The van der Waals surface area contributed by atoms with Crippen molar-refractivity contribution in [2.75, 3.05) is 6.61 Å². The van der Waals surface area contributed by atoms with E-state index in [4.69, 9.17) is 5.11 Å². The number of unbranched alkanes of at least 4 members (excludes halogenated alkanes) is 9. The zero-order valence-corrected chi connectivity index (χ0v) is 12.9. The topological polar surface area (TPSA) is 20.2 Å². The highest BCUT2D eigenvalue weighted by Crippen LogP contribution is 2.16. The summed E-state index contributed by atoms with van der Waals surface area (Å²) in [5.41, 5.74) is 0. The summed E-state index contributed by atoms with van der Waals surface area (Å²) in [7, 11) is 0. The van der Waals surface area contributed by atoms with Gasteiger partial charge in [0.05, 0.1) is 0 Å². The Kier molecular flexibility index (Phi) is 15.0. The zero-order chi connectivity index (χ0) is 13.5. The van der Waals surface area contributed by atoms with E-state index < -0.39 is 0 Å². The van der Waals surface area contributed by atoms with E-state index in [0.717, 1.165) is 12.3 Å². The van der Waals surface area contributed by atoms with Crippen molar-refractivity contribution in [3.05, 3.63) is 0 Å². The second-order valence-electron chi connectivity index (χ2n) is 5.94. The van der Waals surface area contributed by atoms with Crippen LogP contribution in [0.25, 0.3) is 0 Å². The van der Waals surface area contributed by atoms with Crippen LogP contribution in [-0.2, 0) is 0 Å². The molecule has 1 nitrogen and oxygen atoms in total. The minimum atomic E-state index is 0.363. The molecule has 0 radical (unpaired) electrons. The van der Waals surface area contributed by atoms with Crippen molar-refractivity contribution in [3.8, 4) is 0 Å². The van der Waals surface area contributed by atoms with Crippen molar-refractivity contribution in [1.82, 2.24) is 0 Å². The third-order valence-corrected chi connectivity index (χ3v) is 3.91. The molecule has 0 rings (SSSR count). The molecule has 110 valence electrons. The lowest BCUT2D eigenvalue weighted by Gasteiger charge is -2.09. The molecule has 0 bridgehead atoms. The molecule has 0 spiro atoms. The van der Waals surface area contributed by atoms with E-state index in [1.165, 1.54) is 77.0 Å². The molecule has 0 unspecified atom stereocenters. The van der Waals surface area contributed by atoms with Gasteiger partial charge in [-0.25, -0.2) is 0 Å². The van der Waals surface area contributed by atoms with Crippen LogP contribution in [0.1, 0.15) is 97.3 Å². The Balaban J connectivity index is 3.02. The van der Waals surface area contributed by atoms with Gasteiger partial charge < -0.3 is 5.11 Å². The van der Waals surface area contributed by atoms with Crippen molar-refractivity contribution in [2.45, 2.75) is 97.3 Å². The summed E-state index contributed by atoms with van der Waals surface area (Å²) in [4.78, 5) is 0. The van der Waals surface area contributed by atoms with Gasteiger partial charge in [0.25, 0.3) is 0 Å². The predicted molar refractivity (Wildman–Crippen MR) is 81.9 cm³/mol. The van der Waals surface area contributed by atoms with Crippen LogP contribution in [0.15, 0.2) is 0 Å². The maximum Gasteiger partial charge on any atom is 0.0431 e. The van der Waals surface area contributed by atoms with Crippen molar-refractivity contribution in [1.29, 1.82) is 0 Å². The van der Waals surface area contributed by atoms with Crippen LogP contribution in [0.2, 0.25) is 0 Å². The zero-order valence-electron chi connectivity index (χ0n) is 12.9. The van der Waals surface area contributed by atoms with Gasteiger partial charge in [0.15, 0.2) is 0 Å². The van der Waals surface area contributed by atoms with Gasteiger partial charge in [0.2, 0.25) is 0 Å². The molecular weight excluding hydrogens is 220 g/mol. The van der Waals surface area contributed by atoms with Gasteiger partial charge in [0.1, 0.15) is 0 Å². The maximum absolute atomic E-state index is 8.76. The Morgan fingerprint density at radius 3 is 1.61 bits per heavy atom. The molecule has 18 heavy (non-hydrogen) atoms. The highest BCUT2D eigenvalue weighted by molar-refractivity contribution is 4.54. The van der Waals surface area contributed by atoms with Crippen LogP contribution < -0.4 is 0 Å². The van der Waals surface area contributed by atoms with Gasteiger partial charge in [0, 0.05) is 6.61 Å². The second-order valence-corrected chi connectivity index (χ2v) is 5.94. The highest BCUT2D eigenvalue weighted by atomic mass is 16.2. The standard InChI is InChI=1S/C17H36O/c1-3-4-5-6-7-8-9-10-11-12-14-17(2)15-13-16-18/h17-18H,3-16H2,1-2H3/t17-/m0/s1. The van der Waals surface area contributed by atoms with E-state index in [9.17, 15) is 0 Å². The maximum atomic E-state index is 8.76. The molecule has 1 N–H and O–H groups in total. The van der Waals surface area contributed by atoms with E-state index in [0.29, 0.717) is 6.61 Å². The molecule has 1 heteroatoms. The molecule has 0 amide bonds. The summed E-state index contributed by atoms with van der Waals surface area (Å²) >= 11 is 0. The van der Waals surface area contributed by atoms with Crippen LogP contribution in [0.5, 0.6) is 0 Å². The van der Waals surface area contributed by atoms with Crippen molar-refractivity contribution < 1.29 is 5.11 Å². The van der Waals surface area contributed by atoms with E-state index in [1.807, 2.05) is 0 Å². The third-order valence-electron chi connectivity index (χ3n) is 3.91. The monoisotopic (exact) mass is 256 g/mol. The fourth-order valence-electron chi connectivity index (χ4n) is 2.56. The van der Waals surface area contributed by atoms with Crippen LogP contribution in [0, 0.1) is 5.92 Å². The second kappa shape index (κ2) is 15.0. The first-order chi connectivity index (χ1) is 8.81. The van der Waals surface area contributed by atoms with Crippen molar-refractivity contribution in [2.24, 2.45) is 5.92 Å². The fourth-order valence-corrected chi connectivity index (χ4v) is 2.56. The molecule has 0 fully saturated rings. The molecule has 0 aliphatic rings. The third kappa shape index (κ3) is 14.0. The first-order valence-corrected chi connectivity index (χ1v) is 8.42. The first kappa shape index (κ1) is 18.0. The van der Waals surface area contributed by atoms with Gasteiger partial charge in [-0.05, 0) is 18.8 Å². The number of aliphatic hydroxyl groups is 1. The molecule has 0 aromatic carbocycles. The average Bonchev–Trinajstić information content (AvgIpc) is 2.38. The summed E-state index contributed by atoms with van der Waals surface area (Å²) in [6.45, 7) is 4.97. The van der Waals surface area contributed by atoms with Crippen molar-refractivity contribution in [3.63, 3.8) is 0 Å². The van der Waals surface area contributed by atoms with E-state index >= 15 is 0 Å². The highest BCUT2D eigenvalue weighted by Gasteiger charge is 2.01. The normalized spacial score (nSPS) is 12.8. The van der Waals surface area contributed by atoms with E-state index in [-0.39, 0.29) is 0 Å². The Bertz CT molecular complexity index is 145. The van der Waals surface area contributed by atoms with E-state index in [2.05, 4.69) is 13.8 Å². The van der Waals surface area contributed by atoms with Gasteiger partial charge in [-0.3, -0.25) is 0 Å². The molecule has 0 aliphatic carbocycles. The van der Waals surface area contributed by atoms with Gasteiger partial charge in [-0.1, -0.05) is 84.5 Å². The molecule has 0 aliphatic heterocycles. The fraction of sp³-hybridized carbons (Fsp3) is 1.00. The van der Waals surface area contributed by atoms with Crippen LogP contribution in [-0.4, -0.2) is 11.7 Å². The summed E-state index contributed by atoms with van der Waals surface area (Å²) < 4.78 is 0. The lowest BCUT2D eigenvalue weighted by atomic mass is 9.97. The molecule has 0 heterocycles. The first-order valence-electron chi connectivity index (χ1n) is 8.42. The Hall–Kier alpha value is -0.0400. The largest absolute Gasteiger partial charge is 0.396 e. The number of hydrogen-bond donors (Lipinski definition) is 1. The molecule has 0 aromatic rings. The molecule has 0 aromatic heterocycles. The lowest BCUT2D eigenvalue weighted by molar-refractivity contribution is 0.270. The molecule has 1 atom stereocenters. The summed E-state index contributed by atoms with van der Waals surface area (Å²) in [5, 5.41) is 8.76. The smallest absolute Gasteiger partial charge is 0.0431 e. The minimum absolute atomic E-state index is 0.363. The number of rotatable bonds is 14. The van der Waals surface area contributed by atoms with Crippen LogP contribution in [0.3, 0.4) is 0 Å². The number of hydrogen-bond acceptors (Lipinski definition) is 1. The van der Waals surface area contributed by atoms with Gasteiger partial charge in [-0.15, -0.1) is 0 Å². The van der Waals surface area contributed by atoms with Crippen molar-refractivity contribution >= 4 is 0 Å². The predicted octanol–water partition coefficient (Wildman–Crippen LogP) is 5.71. The van der Waals surface area contributed by atoms with Gasteiger partial charge >= 0.3 is 0 Å². The number of aliphatic hydroxyl groups excluding tert-OH is 1. The lowest BCUT2D eigenvalue weighted by Crippen LogP contribution is -1.96. The van der Waals surface area contributed by atoms with Crippen LogP contribution >= 0.6 is 0 Å². The average molecular weight is 256 g/mol. The summed E-state index contributed by atoms with van der Waals surface area (Å²) in [6.07, 6.45) is 17.8. The Labute approximate surface area is 115 Å². The Morgan fingerprint density at radius 2 is 1.11 bits per heavy atom. The van der Waals surface area contributed by atoms with Gasteiger partial charge in [-0.2, -0.15) is 0 Å². The molecule has 0 saturated heterocycles. The quantitative estimate of drug-likeness (QED) is 0.395.